The van der Waals surface area contributed by atoms with E-state index in [2.05, 4.69) is 15.9 Å². The van der Waals surface area contributed by atoms with E-state index in [0.717, 1.165) is 0 Å². The van der Waals surface area contributed by atoms with Crippen LogP contribution in [0.25, 0.3) is 0 Å². The van der Waals surface area contributed by atoms with E-state index < -0.39 is 10.9 Å². The molecule has 0 aromatic heterocycles. The van der Waals surface area contributed by atoms with Gasteiger partial charge in [0.1, 0.15) is 11.3 Å². The number of nitrogens with zero attached hydrogens (tertiary/aromatic N) is 1. The number of para-hydroxylation sites is 1. The fourth-order valence-corrected chi connectivity index (χ4v) is 2.16. The molecule has 0 aliphatic heterocycles. The van der Waals surface area contributed by atoms with Gasteiger partial charge in [-0.15, -0.1) is 0 Å². The second-order valence-corrected chi connectivity index (χ2v) is 5.22. The molecule has 0 aliphatic carbocycles. The summed E-state index contributed by atoms with van der Waals surface area (Å²) in [5, 5.41) is 20.1. The molecule has 8 heteroatoms. The summed E-state index contributed by atoms with van der Waals surface area (Å²) in [5.74, 6) is -1.47. The fraction of sp³-hybridized carbons (Fsp3) is 0. The molecule has 0 fully saturated rings. The molecule has 0 heterocycles. The van der Waals surface area contributed by atoms with Crippen LogP contribution < -0.4 is 4.74 Å². The Kier molecular flexibility index (Phi) is 4.44. The number of carboxylic acid groups (broad SMARTS) is 1. The molecule has 1 N–H and O–H groups in total. The van der Waals surface area contributed by atoms with Gasteiger partial charge in [0, 0.05) is 10.5 Å². The molecule has 0 saturated heterocycles. The summed E-state index contributed by atoms with van der Waals surface area (Å²) >= 11 is 9.09. The minimum Gasteiger partial charge on any atom is -0.478 e. The maximum absolute atomic E-state index is 11.2. The smallest absolute Gasteiger partial charge is 0.339 e. The molecule has 2 rings (SSSR count). The Morgan fingerprint density at radius 1 is 1.33 bits per heavy atom. The minimum absolute atomic E-state index is 0.0144. The van der Waals surface area contributed by atoms with Gasteiger partial charge >= 0.3 is 11.7 Å². The Morgan fingerprint density at radius 2 is 2.05 bits per heavy atom. The van der Waals surface area contributed by atoms with Crippen LogP contribution in [0.1, 0.15) is 10.4 Å². The van der Waals surface area contributed by atoms with Crippen LogP contribution in [-0.2, 0) is 0 Å². The van der Waals surface area contributed by atoms with Crippen molar-refractivity contribution in [1.29, 1.82) is 0 Å². The van der Waals surface area contributed by atoms with Crippen molar-refractivity contribution >= 4 is 39.2 Å². The molecule has 0 bridgehead atoms. The van der Waals surface area contributed by atoms with Crippen molar-refractivity contribution in [3.05, 3.63) is 61.6 Å². The SMILES string of the molecule is O=C(O)c1ccc(Br)cc1Oc1c(Cl)cccc1[N+](=O)[O-]. The number of ether oxygens (including phenoxy) is 1. The molecule has 0 spiro atoms. The number of hydrogen-bond acceptors (Lipinski definition) is 4. The van der Waals surface area contributed by atoms with Crippen molar-refractivity contribution in [2.75, 3.05) is 0 Å². The zero-order chi connectivity index (χ0) is 15.6. The summed E-state index contributed by atoms with van der Waals surface area (Å²) in [7, 11) is 0. The standard InChI is InChI=1S/C13H7BrClNO5/c14-7-4-5-8(13(17)18)11(6-7)21-12-9(15)2-1-3-10(12)16(19)20/h1-6H,(H,17,18). The van der Waals surface area contributed by atoms with Crippen LogP contribution in [0.2, 0.25) is 5.02 Å². The van der Waals surface area contributed by atoms with Crippen LogP contribution in [0, 0.1) is 10.1 Å². The van der Waals surface area contributed by atoms with E-state index in [1.165, 1.54) is 36.4 Å². The Morgan fingerprint density at radius 3 is 2.67 bits per heavy atom. The first-order valence-electron chi connectivity index (χ1n) is 5.53. The van der Waals surface area contributed by atoms with Gasteiger partial charge in [0.2, 0.25) is 5.75 Å². The Labute approximate surface area is 132 Å². The normalized spacial score (nSPS) is 10.2. The van der Waals surface area contributed by atoms with E-state index in [9.17, 15) is 14.9 Å². The highest BCUT2D eigenvalue weighted by atomic mass is 79.9. The van der Waals surface area contributed by atoms with Gasteiger partial charge in [-0.2, -0.15) is 0 Å². The van der Waals surface area contributed by atoms with E-state index in [4.69, 9.17) is 21.4 Å². The highest BCUT2D eigenvalue weighted by molar-refractivity contribution is 9.10. The molecule has 0 aliphatic rings. The molecule has 0 unspecified atom stereocenters. The van der Waals surface area contributed by atoms with E-state index in [0.29, 0.717) is 4.47 Å². The van der Waals surface area contributed by atoms with Gasteiger partial charge in [0.15, 0.2) is 0 Å². The lowest BCUT2D eigenvalue weighted by Crippen LogP contribution is -2.01. The third-order valence-electron chi connectivity index (χ3n) is 2.53. The van der Waals surface area contributed by atoms with Crippen molar-refractivity contribution in [3.63, 3.8) is 0 Å². The monoisotopic (exact) mass is 371 g/mol. The van der Waals surface area contributed by atoms with Crippen molar-refractivity contribution < 1.29 is 19.6 Å². The van der Waals surface area contributed by atoms with Crippen LogP contribution in [0.15, 0.2) is 40.9 Å². The molecule has 2 aromatic rings. The summed E-state index contributed by atoms with van der Waals surface area (Å²) in [4.78, 5) is 21.5. The second kappa shape index (κ2) is 6.11. The topological polar surface area (TPSA) is 89.7 Å². The van der Waals surface area contributed by atoms with Gasteiger partial charge in [-0.25, -0.2) is 4.79 Å². The van der Waals surface area contributed by atoms with Crippen LogP contribution >= 0.6 is 27.5 Å². The van der Waals surface area contributed by atoms with Gasteiger partial charge in [0.25, 0.3) is 0 Å². The number of nitro benzene ring substituents is 1. The van der Waals surface area contributed by atoms with Crippen molar-refractivity contribution in [1.82, 2.24) is 0 Å². The van der Waals surface area contributed by atoms with Crippen molar-refractivity contribution in [3.8, 4) is 11.5 Å². The molecule has 0 atom stereocenters. The number of rotatable bonds is 4. The van der Waals surface area contributed by atoms with Crippen LogP contribution in [-0.4, -0.2) is 16.0 Å². The summed E-state index contributed by atoms with van der Waals surface area (Å²) in [5.41, 5.74) is -0.480. The lowest BCUT2D eigenvalue weighted by Gasteiger charge is -2.10. The maximum Gasteiger partial charge on any atom is 0.339 e. The Balaban J connectivity index is 2.55. The summed E-state index contributed by atoms with van der Waals surface area (Å²) in [6.07, 6.45) is 0. The average molecular weight is 373 g/mol. The quantitative estimate of drug-likeness (QED) is 0.630. The predicted octanol–water partition coefficient (Wildman–Crippen LogP) is 4.50. The highest BCUT2D eigenvalue weighted by Gasteiger charge is 2.21. The van der Waals surface area contributed by atoms with E-state index in [1.807, 2.05) is 0 Å². The summed E-state index contributed by atoms with van der Waals surface area (Å²) in [6, 6.07) is 8.30. The first kappa shape index (κ1) is 15.3. The second-order valence-electron chi connectivity index (χ2n) is 3.89. The molecule has 2 aromatic carbocycles. The van der Waals surface area contributed by atoms with Gasteiger partial charge in [-0.3, -0.25) is 10.1 Å². The van der Waals surface area contributed by atoms with Crippen molar-refractivity contribution in [2.24, 2.45) is 0 Å². The molecular weight excluding hydrogens is 366 g/mol. The predicted molar refractivity (Wildman–Crippen MR) is 79.3 cm³/mol. The highest BCUT2D eigenvalue weighted by Crippen LogP contribution is 2.39. The fourth-order valence-electron chi connectivity index (χ4n) is 1.61. The molecule has 108 valence electrons. The summed E-state index contributed by atoms with van der Waals surface area (Å²) in [6.45, 7) is 0. The van der Waals surface area contributed by atoms with E-state index in [1.54, 1.807) is 0 Å². The molecule has 21 heavy (non-hydrogen) atoms. The first-order chi connectivity index (χ1) is 9.90. The van der Waals surface area contributed by atoms with Gasteiger partial charge < -0.3 is 9.84 Å². The number of carbonyl (C=O) groups is 1. The molecular formula is C13H7BrClNO5. The van der Waals surface area contributed by atoms with Gasteiger partial charge in [-0.05, 0) is 24.3 Å². The average Bonchev–Trinajstić information content (AvgIpc) is 2.40. The maximum atomic E-state index is 11.2. The molecule has 0 radical (unpaired) electrons. The zero-order valence-electron chi connectivity index (χ0n) is 10.2. The van der Waals surface area contributed by atoms with E-state index >= 15 is 0 Å². The number of aromatic carboxylic acids is 1. The number of nitro groups is 1. The number of halogens is 2. The Hall–Kier alpha value is -2.12. The van der Waals surface area contributed by atoms with Gasteiger partial charge in [0.05, 0.1) is 9.95 Å². The zero-order valence-corrected chi connectivity index (χ0v) is 12.6. The summed E-state index contributed by atoms with van der Waals surface area (Å²) < 4.78 is 5.96. The van der Waals surface area contributed by atoms with Crippen LogP contribution in [0.4, 0.5) is 5.69 Å². The molecule has 0 saturated carbocycles. The number of benzene rings is 2. The first-order valence-corrected chi connectivity index (χ1v) is 6.71. The lowest BCUT2D eigenvalue weighted by molar-refractivity contribution is -0.385. The Bertz CT molecular complexity index is 734. The van der Waals surface area contributed by atoms with Crippen molar-refractivity contribution in [2.45, 2.75) is 0 Å². The number of carboxylic acids is 1. The van der Waals surface area contributed by atoms with Crippen LogP contribution in [0.5, 0.6) is 11.5 Å². The number of hydrogen-bond donors (Lipinski definition) is 1. The lowest BCUT2D eigenvalue weighted by atomic mass is 10.2. The molecule has 6 nitrogen and oxygen atoms in total. The minimum atomic E-state index is -1.22. The third kappa shape index (κ3) is 3.32. The van der Waals surface area contributed by atoms with Crippen LogP contribution in [0.3, 0.4) is 0 Å². The largest absolute Gasteiger partial charge is 0.478 e. The third-order valence-corrected chi connectivity index (χ3v) is 3.32. The van der Waals surface area contributed by atoms with E-state index in [-0.39, 0.29) is 27.8 Å². The molecule has 0 amide bonds. The van der Waals surface area contributed by atoms with Gasteiger partial charge in [-0.1, -0.05) is 33.6 Å².